The highest BCUT2D eigenvalue weighted by atomic mass is 19.1. The lowest BCUT2D eigenvalue weighted by Gasteiger charge is -2.44. The molecule has 0 radical (unpaired) electrons. The molecule has 192 valence electrons. The molecule has 3 aromatic rings. The molecule has 11 heteroatoms. The number of ether oxygens (including phenoxy) is 1. The molecule has 0 bridgehead atoms. The smallest absolute Gasteiger partial charge is 0.244 e. The maximum absolute atomic E-state index is 13.1. The van der Waals surface area contributed by atoms with E-state index in [1.165, 1.54) is 0 Å². The van der Waals surface area contributed by atoms with Gasteiger partial charge in [-0.05, 0) is 37.1 Å². The van der Waals surface area contributed by atoms with E-state index in [1.807, 2.05) is 29.3 Å². The molecule has 1 saturated heterocycles. The van der Waals surface area contributed by atoms with Gasteiger partial charge in [0.05, 0.1) is 18.8 Å². The van der Waals surface area contributed by atoms with Gasteiger partial charge in [-0.15, -0.1) is 5.10 Å². The van der Waals surface area contributed by atoms with Gasteiger partial charge < -0.3 is 20.3 Å². The number of anilines is 2. The van der Waals surface area contributed by atoms with Crippen LogP contribution >= 0.6 is 0 Å². The van der Waals surface area contributed by atoms with E-state index < -0.39 is 12.7 Å². The number of methoxy groups -OCH3 is 1. The van der Waals surface area contributed by atoms with Crippen LogP contribution in [-0.4, -0.2) is 64.4 Å². The highest BCUT2D eigenvalue weighted by molar-refractivity contribution is 5.87. The summed E-state index contributed by atoms with van der Waals surface area (Å²) in [5.41, 5.74) is 10.6. The van der Waals surface area contributed by atoms with Gasteiger partial charge in [-0.2, -0.15) is 10.1 Å². The van der Waals surface area contributed by atoms with Crippen molar-refractivity contribution in [1.82, 2.24) is 19.5 Å². The van der Waals surface area contributed by atoms with Crippen LogP contribution in [0.15, 0.2) is 35.6 Å². The molecule has 2 aromatic heterocycles. The molecule has 3 heterocycles. The first-order valence-corrected chi connectivity index (χ1v) is 12.0. The number of carbonyl (C=O) groups excluding carboxylic acids is 1. The molecule has 1 amide bonds. The Labute approximate surface area is 209 Å². The van der Waals surface area contributed by atoms with E-state index in [0.717, 1.165) is 17.5 Å². The SMILES string of the molecule is COc1nc(N[C@H]2CCN(C(C)=O)CC2(C)C)nn2ccc(-c3ccc(N=N)c(N[C@@H](C)CF)c3)c12. The molecular weight excluding hydrogens is 463 g/mol. The third-order valence-corrected chi connectivity index (χ3v) is 6.71. The summed E-state index contributed by atoms with van der Waals surface area (Å²) in [6, 6.07) is 7.00. The molecule has 1 aliphatic rings. The molecule has 1 aromatic carbocycles. The minimum Gasteiger partial charge on any atom is -0.479 e. The van der Waals surface area contributed by atoms with Crippen molar-refractivity contribution in [3.63, 3.8) is 0 Å². The van der Waals surface area contributed by atoms with Crippen LogP contribution in [0.5, 0.6) is 5.88 Å². The van der Waals surface area contributed by atoms with Crippen molar-refractivity contribution < 1.29 is 13.9 Å². The zero-order valence-corrected chi connectivity index (χ0v) is 21.3. The fourth-order valence-corrected chi connectivity index (χ4v) is 4.70. The number of fused-ring (bicyclic) bond motifs is 1. The van der Waals surface area contributed by atoms with Gasteiger partial charge >= 0.3 is 0 Å². The van der Waals surface area contributed by atoms with Crippen LogP contribution in [0, 0.1) is 10.9 Å². The highest BCUT2D eigenvalue weighted by Crippen LogP contribution is 2.37. The van der Waals surface area contributed by atoms with Crippen LogP contribution in [0.4, 0.5) is 21.7 Å². The standard InChI is InChI=1S/C25H33FN8O2/c1-15(13-26)28-20-12-17(6-7-19(20)31-27)18-8-11-34-22(18)23(36-5)30-24(32-34)29-21-9-10-33(16(2)35)14-25(21,3)4/h6-8,11-12,15,21,27-28H,9-10,13-14H2,1-5H3,(H,29,32)/t15-,21-/m0/s1. The maximum Gasteiger partial charge on any atom is 0.244 e. The van der Waals surface area contributed by atoms with Gasteiger partial charge in [-0.1, -0.05) is 19.9 Å². The van der Waals surface area contributed by atoms with Gasteiger partial charge in [-0.3, -0.25) is 4.79 Å². The van der Waals surface area contributed by atoms with Crippen LogP contribution in [0.3, 0.4) is 0 Å². The summed E-state index contributed by atoms with van der Waals surface area (Å²) in [4.78, 5) is 18.4. The van der Waals surface area contributed by atoms with Crippen molar-refractivity contribution in [2.45, 2.75) is 46.2 Å². The first-order chi connectivity index (χ1) is 17.2. The number of carbonyl (C=O) groups is 1. The summed E-state index contributed by atoms with van der Waals surface area (Å²) in [6.45, 7) is 8.39. The Hall–Kier alpha value is -3.76. The van der Waals surface area contributed by atoms with E-state index in [0.29, 0.717) is 41.8 Å². The molecule has 0 saturated carbocycles. The Kier molecular flexibility index (Phi) is 7.09. The first kappa shape index (κ1) is 25.3. The number of hydrogen-bond acceptors (Lipinski definition) is 8. The molecule has 1 fully saturated rings. The van der Waals surface area contributed by atoms with E-state index in [9.17, 15) is 9.18 Å². The Morgan fingerprint density at radius 1 is 1.39 bits per heavy atom. The largest absolute Gasteiger partial charge is 0.479 e. The lowest BCUT2D eigenvalue weighted by atomic mass is 9.79. The van der Waals surface area contributed by atoms with Crippen molar-refractivity contribution in [1.29, 1.82) is 5.53 Å². The summed E-state index contributed by atoms with van der Waals surface area (Å²) in [5, 5.41) is 14.8. The third-order valence-electron chi connectivity index (χ3n) is 6.71. The topological polar surface area (TPSA) is 120 Å². The summed E-state index contributed by atoms with van der Waals surface area (Å²) in [6.07, 6.45) is 2.62. The van der Waals surface area contributed by atoms with E-state index in [-0.39, 0.29) is 17.4 Å². The van der Waals surface area contributed by atoms with Crippen LogP contribution in [0.2, 0.25) is 0 Å². The van der Waals surface area contributed by atoms with Crippen molar-refractivity contribution in [2.24, 2.45) is 10.5 Å². The number of aromatic nitrogens is 3. The Morgan fingerprint density at radius 2 is 2.17 bits per heavy atom. The molecule has 2 atom stereocenters. The normalized spacial score (nSPS) is 18.1. The second kappa shape index (κ2) is 10.1. The van der Waals surface area contributed by atoms with Crippen molar-refractivity contribution in [2.75, 3.05) is 37.5 Å². The monoisotopic (exact) mass is 496 g/mol. The predicted octanol–water partition coefficient (Wildman–Crippen LogP) is 4.90. The van der Waals surface area contributed by atoms with Crippen molar-refractivity contribution >= 4 is 28.7 Å². The van der Waals surface area contributed by atoms with E-state index in [4.69, 9.17) is 10.3 Å². The minimum absolute atomic E-state index is 0.0811. The van der Waals surface area contributed by atoms with Gasteiger partial charge in [0, 0.05) is 43.2 Å². The molecule has 0 unspecified atom stereocenters. The Bertz CT molecular complexity index is 1270. The fraction of sp³-hybridized carbons (Fsp3) is 0.480. The van der Waals surface area contributed by atoms with Gasteiger partial charge in [0.15, 0.2) is 0 Å². The summed E-state index contributed by atoms with van der Waals surface area (Å²) < 4.78 is 20.5. The number of nitrogens with one attached hydrogen (secondary N) is 3. The maximum atomic E-state index is 13.1. The zero-order chi connectivity index (χ0) is 26.0. The number of alkyl halides is 1. The second-order valence-electron chi connectivity index (χ2n) is 9.93. The first-order valence-electron chi connectivity index (χ1n) is 12.0. The van der Waals surface area contributed by atoms with Crippen LogP contribution in [0.25, 0.3) is 16.6 Å². The number of rotatable bonds is 8. The minimum atomic E-state index is -0.543. The second-order valence-corrected chi connectivity index (χ2v) is 9.93. The predicted molar refractivity (Wildman–Crippen MR) is 137 cm³/mol. The number of likely N-dealkylation sites (tertiary alicyclic amines) is 1. The Balaban J connectivity index is 1.67. The number of nitrogens with zero attached hydrogens (tertiary/aromatic N) is 5. The number of piperidine rings is 1. The molecule has 4 rings (SSSR count). The van der Waals surface area contributed by atoms with E-state index in [2.05, 4.69) is 39.7 Å². The average molecular weight is 497 g/mol. The molecule has 10 nitrogen and oxygen atoms in total. The number of hydrogen-bond donors (Lipinski definition) is 3. The van der Waals surface area contributed by atoms with Gasteiger partial charge in [-0.25, -0.2) is 14.4 Å². The molecule has 1 aliphatic heterocycles. The van der Waals surface area contributed by atoms with Gasteiger partial charge in [0.2, 0.25) is 17.7 Å². The van der Waals surface area contributed by atoms with E-state index in [1.54, 1.807) is 31.5 Å². The molecule has 36 heavy (non-hydrogen) atoms. The fourth-order valence-electron chi connectivity index (χ4n) is 4.70. The average Bonchev–Trinajstić information content (AvgIpc) is 3.28. The summed E-state index contributed by atoms with van der Waals surface area (Å²) in [5.74, 6) is 0.938. The zero-order valence-electron chi connectivity index (χ0n) is 21.3. The molecular formula is C25H33FN8O2. The van der Waals surface area contributed by atoms with Gasteiger partial charge in [0.25, 0.3) is 0 Å². The van der Waals surface area contributed by atoms with Crippen LogP contribution in [0.1, 0.15) is 34.1 Å². The van der Waals surface area contributed by atoms with Gasteiger partial charge in [0.1, 0.15) is 17.9 Å². The molecule has 3 N–H and O–H groups in total. The quantitative estimate of drug-likeness (QED) is 0.382. The van der Waals surface area contributed by atoms with Crippen molar-refractivity contribution in [3.05, 3.63) is 30.5 Å². The van der Waals surface area contributed by atoms with Crippen LogP contribution in [-0.2, 0) is 4.79 Å². The van der Waals surface area contributed by atoms with E-state index >= 15 is 0 Å². The Morgan fingerprint density at radius 3 is 2.81 bits per heavy atom. The summed E-state index contributed by atoms with van der Waals surface area (Å²) >= 11 is 0. The number of halogens is 1. The third kappa shape index (κ3) is 4.95. The van der Waals surface area contributed by atoms with Crippen molar-refractivity contribution in [3.8, 4) is 17.0 Å². The number of amides is 1. The molecule has 0 aliphatic carbocycles. The highest BCUT2D eigenvalue weighted by Gasteiger charge is 2.37. The summed E-state index contributed by atoms with van der Waals surface area (Å²) in [7, 11) is 1.57. The molecule has 0 spiro atoms. The number of benzene rings is 1. The van der Waals surface area contributed by atoms with Crippen LogP contribution < -0.4 is 15.4 Å². The lowest BCUT2D eigenvalue weighted by molar-refractivity contribution is -0.132. The lowest BCUT2D eigenvalue weighted by Crippen LogP contribution is -2.53.